The minimum absolute atomic E-state index is 0.0183. The first-order valence-corrected chi connectivity index (χ1v) is 8.40. The van der Waals surface area contributed by atoms with E-state index in [9.17, 15) is 0 Å². The standard InChI is InChI=1S/C18H26N6O3/c1-23-11-13(17(19)20)3-5-15(23)26-9-7-25-8-10-27-16-6-4-14(18(21)22)12-24(16)2/h3-6,11-12H,7-10H2,1-2H3,(H3,19,20)(H3,21,22)/q+2. The monoisotopic (exact) mass is 374 g/mol. The third kappa shape index (κ3) is 5.93. The summed E-state index contributed by atoms with van der Waals surface area (Å²) in [4.78, 5) is 0. The molecule has 0 radical (unpaired) electrons. The molecule has 0 saturated carbocycles. The summed E-state index contributed by atoms with van der Waals surface area (Å²) in [5.41, 5.74) is 12.2. The summed E-state index contributed by atoms with van der Waals surface area (Å²) >= 11 is 0. The average Bonchev–Trinajstić information content (AvgIpc) is 2.62. The number of rotatable bonds is 10. The lowest BCUT2D eigenvalue weighted by molar-refractivity contribution is -0.677. The SMILES string of the molecule is C[n+]1cc(C(=N)N)ccc1OCCOCCOc1ccc(C(=N)N)c[n+]1C. The van der Waals surface area contributed by atoms with E-state index in [0.717, 1.165) is 0 Å². The highest BCUT2D eigenvalue weighted by Gasteiger charge is 2.11. The van der Waals surface area contributed by atoms with Gasteiger partial charge < -0.3 is 25.7 Å². The molecule has 2 heterocycles. The fourth-order valence-electron chi connectivity index (χ4n) is 2.32. The Bertz CT molecular complexity index is 757. The van der Waals surface area contributed by atoms with Crippen LogP contribution in [0.1, 0.15) is 11.1 Å². The lowest BCUT2D eigenvalue weighted by Gasteiger charge is -2.07. The fraction of sp³-hybridized carbons (Fsp3) is 0.333. The van der Waals surface area contributed by atoms with E-state index in [0.29, 0.717) is 49.3 Å². The van der Waals surface area contributed by atoms with Crippen molar-refractivity contribution in [3.63, 3.8) is 0 Å². The summed E-state index contributed by atoms with van der Waals surface area (Å²) in [7, 11) is 3.65. The van der Waals surface area contributed by atoms with E-state index in [2.05, 4.69) is 0 Å². The van der Waals surface area contributed by atoms with E-state index in [1.807, 2.05) is 14.1 Å². The summed E-state index contributed by atoms with van der Waals surface area (Å²) < 4.78 is 20.3. The largest absolute Gasteiger partial charge is 0.442 e. The molecule has 6 N–H and O–H groups in total. The fourth-order valence-corrected chi connectivity index (χ4v) is 2.32. The van der Waals surface area contributed by atoms with Crippen LogP contribution in [0.2, 0.25) is 0 Å². The summed E-state index contributed by atoms with van der Waals surface area (Å²) in [5, 5.41) is 14.8. The van der Waals surface area contributed by atoms with E-state index in [4.69, 9.17) is 36.5 Å². The zero-order valence-corrected chi connectivity index (χ0v) is 15.6. The predicted octanol–water partition coefficient (Wildman–Crippen LogP) is -0.622. The topological polar surface area (TPSA) is 135 Å². The molecule has 27 heavy (non-hydrogen) atoms. The minimum atomic E-state index is 0.0183. The molecule has 144 valence electrons. The lowest BCUT2D eigenvalue weighted by Crippen LogP contribution is -2.33. The average molecular weight is 374 g/mol. The van der Waals surface area contributed by atoms with Crippen molar-refractivity contribution in [2.75, 3.05) is 26.4 Å². The van der Waals surface area contributed by atoms with E-state index in [1.54, 1.807) is 45.8 Å². The van der Waals surface area contributed by atoms with Gasteiger partial charge in [-0.05, 0) is 12.1 Å². The number of ether oxygens (including phenoxy) is 3. The predicted molar refractivity (Wildman–Crippen MR) is 99.1 cm³/mol. The maximum absolute atomic E-state index is 7.41. The molecule has 0 aliphatic carbocycles. The highest BCUT2D eigenvalue weighted by molar-refractivity contribution is 5.94. The second kappa shape index (κ2) is 9.48. The van der Waals surface area contributed by atoms with E-state index in [1.165, 1.54) is 0 Å². The third-order valence-corrected chi connectivity index (χ3v) is 3.75. The van der Waals surface area contributed by atoms with Gasteiger partial charge >= 0.3 is 11.8 Å². The molecule has 2 rings (SSSR count). The normalized spacial score (nSPS) is 10.4. The van der Waals surface area contributed by atoms with Gasteiger partial charge in [-0.3, -0.25) is 10.8 Å². The van der Waals surface area contributed by atoms with Crippen molar-refractivity contribution in [3.05, 3.63) is 47.8 Å². The van der Waals surface area contributed by atoms with Gasteiger partial charge in [-0.25, -0.2) is 0 Å². The molecule has 2 aromatic rings. The first kappa shape index (κ1) is 20.1. The molecule has 9 nitrogen and oxygen atoms in total. The van der Waals surface area contributed by atoms with Crippen LogP contribution in [-0.4, -0.2) is 38.1 Å². The van der Waals surface area contributed by atoms with Crippen LogP contribution >= 0.6 is 0 Å². The Kier molecular flexibility index (Phi) is 7.07. The highest BCUT2D eigenvalue weighted by atomic mass is 16.5. The van der Waals surface area contributed by atoms with Crippen LogP contribution in [0.4, 0.5) is 0 Å². The maximum atomic E-state index is 7.41. The van der Waals surface area contributed by atoms with Crippen molar-refractivity contribution in [1.29, 1.82) is 10.8 Å². The molecular formula is C18H26N6O3+2. The minimum Gasteiger partial charge on any atom is -0.442 e. The number of nitrogens with one attached hydrogen (secondary N) is 2. The number of hydrogen-bond acceptors (Lipinski definition) is 5. The van der Waals surface area contributed by atoms with Crippen molar-refractivity contribution in [3.8, 4) is 11.8 Å². The molecule has 0 aliphatic heterocycles. The van der Waals surface area contributed by atoms with Crippen molar-refractivity contribution in [2.45, 2.75) is 0 Å². The molecule has 0 spiro atoms. The molecule has 0 unspecified atom stereocenters. The van der Waals surface area contributed by atoms with E-state index < -0.39 is 0 Å². The Hall–Kier alpha value is -3.20. The van der Waals surface area contributed by atoms with Crippen LogP contribution in [0.15, 0.2) is 36.7 Å². The van der Waals surface area contributed by atoms with Gasteiger partial charge in [0, 0.05) is 0 Å². The van der Waals surface area contributed by atoms with Crippen LogP contribution < -0.4 is 30.1 Å². The number of aryl methyl sites for hydroxylation is 2. The molecular weight excluding hydrogens is 348 g/mol. The smallest absolute Gasteiger partial charge is 0.367 e. The van der Waals surface area contributed by atoms with Crippen LogP contribution in [0, 0.1) is 10.8 Å². The summed E-state index contributed by atoms with van der Waals surface area (Å²) in [6.45, 7) is 1.64. The molecule has 0 aromatic carbocycles. The van der Waals surface area contributed by atoms with Crippen LogP contribution in [-0.2, 0) is 18.8 Å². The molecule has 2 aromatic heterocycles. The van der Waals surface area contributed by atoms with Gasteiger partial charge in [-0.1, -0.05) is 0 Å². The van der Waals surface area contributed by atoms with Crippen LogP contribution in [0.3, 0.4) is 0 Å². The molecule has 9 heteroatoms. The molecule has 0 bridgehead atoms. The number of hydrogen-bond donors (Lipinski definition) is 4. The second-order valence-corrected chi connectivity index (χ2v) is 5.87. The molecule has 0 amide bonds. The van der Waals surface area contributed by atoms with Crippen molar-refractivity contribution >= 4 is 11.7 Å². The molecule has 0 atom stereocenters. The Morgan fingerprint density at radius 3 is 1.52 bits per heavy atom. The van der Waals surface area contributed by atoms with Gasteiger partial charge in [0.15, 0.2) is 12.4 Å². The van der Waals surface area contributed by atoms with Gasteiger partial charge in [0.2, 0.25) is 0 Å². The summed E-state index contributed by atoms with van der Waals surface area (Å²) in [5.74, 6) is 1.37. The number of pyridine rings is 2. The third-order valence-electron chi connectivity index (χ3n) is 3.75. The number of amidine groups is 2. The molecule has 0 saturated heterocycles. The Balaban J connectivity index is 1.67. The zero-order valence-electron chi connectivity index (χ0n) is 15.6. The van der Waals surface area contributed by atoms with E-state index >= 15 is 0 Å². The van der Waals surface area contributed by atoms with Crippen molar-refractivity contribution in [2.24, 2.45) is 25.6 Å². The molecule has 0 aliphatic rings. The van der Waals surface area contributed by atoms with Gasteiger partial charge in [-0.2, -0.15) is 9.13 Å². The number of nitrogens with two attached hydrogens (primary N) is 2. The quantitative estimate of drug-likeness (QED) is 0.190. The van der Waals surface area contributed by atoms with Gasteiger partial charge in [0.25, 0.3) is 0 Å². The maximum Gasteiger partial charge on any atom is 0.367 e. The summed E-state index contributed by atoms with van der Waals surface area (Å²) in [6, 6.07) is 7.02. The summed E-state index contributed by atoms with van der Waals surface area (Å²) in [6.07, 6.45) is 3.48. The zero-order chi connectivity index (χ0) is 19.8. The van der Waals surface area contributed by atoms with Crippen LogP contribution in [0.5, 0.6) is 11.8 Å². The Morgan fingerprint density at radius 1 is 0.778 bits per heavy atom. The first-order chi connectivity index (χ1) is 12.9. The lowest BCUT2D eigenvalue weighted by atomic mass is 10.2. The highest BCUT2D eigenvalue weighted by Crippen LogP contribution is 2.05. The van der Waals surface area contributed by atoms with Crippen LogP contribution in [0.25, 0.3) is 0 Å². The second-order valence-electron chi connectivity index (χ2n) is 5.87. The van der Waals surface area contributed by atoms with Gasteiger partial charge in [-0.15, -0.1) is 0 Å². The number of aromatic nitrogens is 2. The van der Waals surface area contributed by atoms with Gasteiger partial charge in [0.05, 0.1) is 36.5 Å². The van der Waals surface area contributed by atoms with Crippen molar-refractivity contribution < 1.29 is 23.3 Å². The Morgan fingerprint density at radius 2 is 1.19 bits per heavy atom. The van der Waals surface area contributed by atoms with Crippen molar-refractivity contribution in [1.82, 2.24) is 0 Å². The Labute approximate surface area is 158 Å². The number of nitrogen functional groups attached to an aromatic ring is 2. The number of nitrogens with zero attached hydrogens (tertiary/aromatic N) is 2. The van der Waals surface area contributed by atoms with Gasteiger partial charge in [0.1, 0.15) is 39.0 Å². The molecule has 0 fully saturated rings. The van der Waals surface area contributed by atoms with E-state index in [-0.39, 0.29) is 11.7 Å². The first-order valence-electron chi connectivity index (χ1n) is 8.40.